The summed E-state index contributed by atoms with van der Waals surface area (Å²) in [6.07, 6.45) is 4.19. The summed E-state index contributed by atoms with van der Waals surface area (Å²) in [5.41, 5.74) is -1.11. The topological polar surface area (TPSA) is 65.0 Å². The van der Waals surface area contributed by atoms with Crippen LogP contribution in [0.1, 0.15) is 33.1 Å². The number of Topliss-reactive ketones (excluding diaryl/α,β-unsaturated/α-hetero) is 1. The number of ether oxygens (including phenoxy) is 3. The van der Waals surface area contributed by atoms with Gasteiger partial charge in [-0.15, -0.1) is 6.58 Å². The molecule has 0 amide bonds. The molecule has 0 unspecified atom stereocenters. The number of hydrogen-bond acceptors (Lipinski definition) is 5. The van der Waals surface area contributed by atoms with Crippen LogP contribution >= 0.6 is 0 Å². The van der Waals surface area contributed by atoms with Crippen LogP contribution in [0, 0.1) is 0 Å². The van der Waals surface area contributed by atoms with Gasteiger partial charge < -0.3 is 19.3 Å². The van der Waals surface area contributed by atoms with Crippen molar-refractivity contribution in [1.82, 2.24) is 0 Å². The smallest absolute Gasteiger partial charge is 0.211 e. The molecule has 2 saturated heterocycles. The van der Waals surface area contributed by atoms with Gasteiger partial charge >= 0.3 is 0 Å². The Balaban J connectivity index is 2.01. The molecule has 0 bridgehead atoms. The maximum absolute atomic E-state index is 12.2. The number of carbonyl (C=O) groups excluding carboxylic acids is 1. The van der Waals surface area contributed by atoms with E-state index in [1.807, 2.05) is 6.08 Å². The van der Waals surface area contributed by atoms with E-state index in [1.54, 1.807) is 19.9 Å². The molecule has 2 heterocycles. The molecule has 5 nitrogen and oxygen atoms in total. The van der Waals surface area contributed by atoms with Crippen molar-refractivity contribution in [2.45, 2.75) is 56.2 Å². The van der Waals surface area contributed by atoms with Crippen molar-refractivity contribution in [1.29, 1.82) is 0 Å². The van der Waals surface area contributed by atoms with Crippen molar-refractivity contribution in [3.63, 3.8) is 0 Å². The molecule has 0 spiro atoms. The average molecular weight is 280 g/mol. The van der Waals surface area contributed by atoms with Gasteiger partial charge in [0.15, 0.2) is 12.6 Å². The first-order valence-electron chi connectivity index (χ1n) is 6.86. The summed E-state index contributed by atoms with van der Waals surface area (Å²) in [7, 11) is 0. The summed E-state index contributed by atoms with van der Waals surface area (Å²) >= 11 is 0. The minimum absolute atomic E-state index is 0.0116. The molecule has 0 radical (unpaired) electrons. The zero-order valence-electron chi connectivity index (χ0n) is 11.8. The average Bonchev–Trinajstić information content (AvgIpc) is 2.80. The highest BCUT2D eigenvalue weighted by molar-refractivity contribution is 5.97. The first-order valence-corrected chi connectivity index (χ1v) is 6.86. The Morgan fingerprint density at radius 3 is 2.95 bits per heavy atom. The molecular formula is C15H20O5. The van der Waals surface area contributed by atoms with E-state index in [0.29, 0.717) is 18.4 Å². The lowest BCUT2D eigenvalue weighted by Crippen LogP contribution is -2.51. The summed E-state index contributed by atoms with van der Waals surface area (Å²) < 4.78 is 17.4. The van der Waals surface area contributed by atoms with Crippen LogP contribution in [0.5, 0.6) is 0 Å². The number of allylic oxidation sites excluding steroid dienone is 2. The quantitative estimate of drug-likeness (QED) is 0.793. The lowest BCUT2D eigenvalue weighted by atomic mass is 9.77. The van der Waals surface area contributed by atoms with Crippen molar-refractivity contribution < 1.29 is 24.1 Å². The monoisotopic (exact) mass is 280 g/mol. The molecule has 1 N–H and O–H groups in total. The summed E-state index contributed by atoms with van der Waals surface area (Å²) in [5, 5.41) is 10.2. The van der Waals surface area contributed by atoms with Gasteiger partial charge in [0.2, 0.25) is 5.79 Å². The number of aliphatic hydroxyl groups is 1. The Morgan fingerprint density at radius 1 is 1.55 bits per heavy atom. The Labute approximate surface area is 118 Å². The van der Waals surface area contributed by atoms with Gasteiger partial charge in [-0.2, -0.15) is 0 Å². The molecule has 0 aromatic carbocycles. The van der Waals surface area contributed by atoms with Crippen LogP contribution in [0.15, 0.2) is 24.3 Å². The fraction of sp³-hybridized carbons (Fsp3) is 0.667. The predicted molar refractivity (Wildman–Crippen MR) is 70.8 cm³/mol. The predicted octanol–water partition coefficient (Wildman–Crippen LogP) is 1.46. The fourth-order valence-corrected chi connectivity index (χ4v) is 3.22. The zero-order chi connectivity index (χ0) is 14.6. The number of carbonyl (C=O) groups is 1. The van der Waals surface area contributed by atoms with E-state index in [0.717, 1.165) is 0 Å². The van der Waals surface area contributed by atoms with Crippen molar-refractivity contribution >= 4 is 5.78 Å². The standard InChI is InChI=1S/C15H20O5/c1-4-5-10-6-14-8-12(13(2,3)17)20-15(14,7-11(10)16)19-9-18-14/h4,6,12,17H,1,5,7-9H2,2-3H3/t12-,14+,15-/m1/s1. The van der Waals surface area contributed by atoms with Crippen LogP contribution in [0.4, 0.5) is 0 Å². The molecule has 2 aliphatic heterocycles. The number of rotatable bonds is 3. The Hall–Kier alpha value is -1.01. The Bertz CT molecular complexity index is 489. The molecule has 0 aromatic heterocycles. The molecular weight excluding hydrogens is 260 g/mol. The molecule has 3 aliphatic rings. The molecule has 110 valence electrons. The van der Waals surface area contributed by atoms with Gasteiger partial charge in [-0.25, -0.2) is 0 Å². The van der Waals surface area contributed by atoms with Crippen LogP contribution in [0.2, 0.25) is 0 Å². The largest absolute Gasteiger partial charge is 0.388 e. The third-order valence-corrected chi connectivity index (χ3v) is 4.39. The van der Waals surface area contributed by atoms with Gasteiger partial charge in [0.25, 0.3) is 0 Å². The van der Waals surface area contributed by atoms with E-state index < -0.39 is 23.1 Å². The minimum Gasteiger partial charge on any atom is -0.388 e. The molecule has 0 saturated carbocycles. The molecule has 3 atom stereocenters. The minimum atomic E-state index is -1.08. The van der Waals surface area contributed by atoms with Crippen molar-refractivity contribution in [3.05, 3.63) is 24.3 Å². The van der Waals surface area contributed by atoms with Gasteiger partial charge in [0, 0.05) is 6.42 Å². The van der Waals surface area contributed by atoms with E-state index in [-0.39, 0.29) is 19.0 Å². The lowest BCUT2D eigenvalue weighted by Gasteiger charge is -2.37. The molecule has 5 heteroatoms. The van der Waals surface area contributed by atoms with E-state index in [1.165, 1.54) is 0 Å². The zero-order valence-corrected chi connectivity index (χ0v) is 11.8. The summed E-state index contributed by atoms with van der Waals surface area (Å²) in [5.74, 6) is -1.10. The van der Waals surface area contributed by atoms with Gasteiger partial charge in [0.1, 0.15) is 5.60 Å². The van der Waals surface area contributed by atoms with Gasteiger partial charge in [-0.1, -0.05) is 6.08 Å². The van der Waals surface area contributed by atoms with Gasteiger partial charge in [-0.05, 0) is 31.9 Å². The van der Waals surface area contributed by atoms with Crippen molar-refractivity contribution in [2.24, 2.45) is 0 Å². The van der Waals surface area contributed by atoms with Crippen LogP contribution in [-0.4, -0.2) is 40.8 Å². The Morgan fingerprint density at radius 2 is 2.30 bits per heavy atom. The summed E-state index contributed by atoms with van der Waals surface area (Å²) in [6.45, 7) is 7.15. The fourth-order valence-electron chi connectivity index (χ4n) is 3.22. The van der Waals surface area contributed by atoms with Gasteiger partial charge in [-0.3, -0.25) is 4.79 Å². The van der Waals surface area contributed by atoms with E-state index in [4.69, 9.17) is 14.2 Å². The third kappa shape index (κ3) is 1.81. The number of hydrogen-bond donors (Lipinski definition) is 1. The normalized spacial score (nSPS) is 40.2. The Kier molecular flexibility index (Phi) is 2.96. The highest BCUT2D eigenvalue weighted by Gasteiger charge is 2.68. The van der Waals surface area contributed by atoms with E-state index in [2.05, 4.69) is 6.58 Å². The second kappa shape index (κ2) is 4.24. The maximum atomic E-state index is 12.2. The first kappa shape index (κ1) is 13.9. The molecule has 1 aliphatic carbocycles. The molecule has 2 fully saturated rings. The van der Waals surface area contributed by atoms with E-state index in [9.17, 15) is 9.90 Å². The van der Waals surface area contributed by atoms with Crippen LogP contribution in [-0.2, 0) is 19.0 Å². The lowest BCUT2D eigenvalue weighted by molar-refractivity contribution is -0.238. The highest BCUT2D eigenvalue weighted by Crippen LogP contribution is 2.55. The first-order chi connectivity index (χ1) is 9.32. The van der Waals surface area contributed by atoms with Crippen LogP contribution < -0.4 is 0 Å². The second-order valence-electron chi connectivity index (χ2n) is 6.28. The summed E-state index contributed by atoms with van der Waals surface area (Å²) in [6, 6.07) is 0. The molecule has 3 rings (SSSR count). The number of ketones is 1. The van der Waals surface area contributed by atoms with Gasteiger partial charge in [0.05, 0.1) is 18.1 Å². The highest BCUT2D eigenvalue weighted by atomic mass is 16.8. The SMILES string of the molecule is C=CCC1=C[C@]23C[C@H](C(C)(C)O)O[C@@]2(CC1=O)OCO3. The summed E-state index contributed by atoms with van der Waals surface area (Å²) in [4.78, 5) is 12.2. The van der Waals surface area contributed by atoms with Crippen molar-refractivity contribution in [3.8, 4) is 0 Å². The van der Waals surface area contributed by atoms with E-state index >= 15 is 0 Å². The molecule has 0 aromatic rings. The molecule has 20 heavy (non-hydrogen) atoms. The third-order valence-electron chi connectivity index (χ3n) is 4.39. The van der Waals surface area contributed by atoms with Crippen LogP contribution in [0.3, 0.4) is 0 Å². The second-order valence-corrected chi connectivity index (χ2v) is 6.28. The van der Waals surface area contributed by atoms with Crippen molar-refractivity contribution in [2.75, 3.05) is 6.79 Å². The maximum Gasteiger partial charge on any atom is 0.211 e. The van der Waals surface area contributed by atoms with Crippen LogP contribution in [0.25, 0.3) is 0 Å².